The Balaban J connectivity index is 2.04. The number of aliphatic hydroxyl groups is 1. The number of aromatic nitrogens is 1. The van der Waals surface area contributed by atoms with E-state index in [2.05, 4.69) is 20.9 Å². The number of hydrogen-bond donors (Lipinski definition) is 2. The van der Waals surface area contributed by atoms with E-state index in [1.54, 1.807) is 6.07 Å². The predicted octanol–water partition coefficient (Wildman–Crippen LogP) is 4.15. The first kappa shape index (κ1) is 12.4. The number of aromatic amines is 1. The molecule has 1 heterocycles. The number of rotatable bonds is 2. The summed E-state index contributed by atoms with van der Waals surface area (Å²) >= 11 is 3.28. The van der Waals surface area contributed by atoms with Crippen LogP contribution in [0, 0.1) is 5.82 Å². The van der Waals surface area contributed by atoms with Crippen molar-refractivity contribution in [1.29, 1.82) is 0 Å². The summed E-state index contributed by atoms with van der Waals surface area (Å²) in [6.45, 7) is 0. The van der Waals surface area contributed by atoms with Crippen LogP contribution >= 0.6 is 15.9 Å². The summed E-state index contributed by atoms with van der Waals surface area (Å²) in [5.41, 5.74) is 2.45. The molecule has 1 atom stereocenters. The van der Waals surface area contributed by atoms with Crippen molar-refractivity contribution in [2.75, 3.05) is 0 Å². The summed E-state index contributed by atoms with van der Waals surface area (Å²) in [4.78, 5) is 3.10. The molecule has 1 aromatic heterocycles. The highest BCUT2D eigenvalue weighted by atomic mass is 79.9. The van der Waals surface area contributed by atoms with Gasteiger partial charge in [-0.05, 0) is 46.8 Å². The van der Waals surface area contributed by atoms with Crippen LogP contribution in [0.4, 0.5) is 4.39 Å². The molecule has 0 saturated carbocycles. The quantitative estimate of drug-likeness (QED) is 0.731. The van der Waals surface area contributed by atoms with Crippen LogP contribution in [0.5, 0.6) is 0 Å². The van der Waals surface area contributed by atoms with Crippen molar-refractivity contribution in [3.63, 3.8) is 0 Å². The van der Waals surface area contributed by atoms with Crippen molar-refractivity contribution in [3.05, 3.63) is 70.1 Å². The molecule has 0 radical (unpaired) electrons. The monoisotopic (exact) mass is 319 g/mol. The number of H-pyrrole nitrogens is 1. The Morgan fingerprint density at radius 1 is 1.11 bits per heavy atom. The second-order valence-corrected chi connectivity index (χ2v) is 5.25. The summed E-state index contributed by atoms with van der Waals surface area (Å²) in [5.74, 6) is -0.330. The molecule has 0 aliphatic heterocycles. The van der Waals surface area contributed by atoms with Gasteiger partial charge in [-0.1, -0.05) is 28.1 Å². The van der Waals surface area contributed by atoms with Crippen LogP contribution in [0.25, 0.3) is 10.9 Å². The standard InChI is InChI=1S/C15H11BrFNO/c16-13-8-11(17)2-3-12(13)15(19)10-1-4-14-9(7-10)5-6-18-14/h1-8,15,18-19H. The van der Waals surface area contributed by atoms with Gasteiger partial charge in [0, 0.05) is 16.2 Å². The third kappa shape index (κ3) is 2.29. The lowest BCUT2D eigenvalue weighted by molar-refractivity contribution is 0.219. The highest BCUT2D eigenvalue weighted by Crippen LogP contribution is 2.30. The summed E-state index contributed by atoms with van der Waals surface area (Å²) in [6, 6.07) is 11.9. The molecule has 0 bridgehead atoms. The van der Waals surface area contributed by atoms with E-state index < -0.39 is 6.10 Å². The largest absolute Gasteiger partial charge is 0.384 e. The van der Waals surface area contributed by atoms with Crippen molar-refractivity contribution >= 4 is 26.8 Å². The van der Waals surface area contributed by atoms with E-state index in [1.165, 1.54) is 12.1 Å². The van der Waals surface area contributed by atoms with Gasteiger partial charge in [0.1, 0.15) is 11.9 Å². The number of halogens is 2. The highest BCUT2D eigenvalue weighted by Gasteiger charge is 2.14. The maximum absolute atomic E-state index is 13.1. The summed E-state index contributed by atoms with van der Waals surface area (Å²) in [6.07, 6.45) is 1.07. The van der Waals surface area contributed by atoms with Crippen LogP contribution in [0.1, 0.15) is 17.2 Å². The van der Waals surface area contributed by atoms with Crippen molar-refractivity contribution in [2.24, 2.45) is 0 Å². The third-order valence-electron chi connectivity index (χ3n) is 3.15. The Morgan fingerprint density at radius 3 is 2.74 bits per heavy atom. The lowest BCUT2D eigenvalue weighted by atomic mass is 10.0. The van der Waals surface area contributed by atoms with Gasteiger partial charge in [-0.15, -0.1) is 0 Å². The molecular formula is C15H11BrFNO. The lowest BCUT2D eigenvalue weighted by Crippen LogP contribution is -2.00. The minimum Gasteiger partial charge on any atom is -0.384 e. The summed E-state index contributed by atoms with van der Waals surface area (Å²) in [7, 11) is 0. The van der Waals surface area contributed by atoms with Crippen molar-refractivity contribution in [2.45, 2.75) is 6.10 Å². The van der Waals surface area contributed by atoms with Gasteiger partial charge >= 0.3 is 0 Å². The molecule has 2 nitrogen and oxygen atoms in total. The van der Waals surface area contributed by atoms with E-state index in [0.29, 0.717) is 10.0 Å². The van der Waals surface area contributed by atoms with E-state index >= 15 is 0 Å². The second kappa shape index (κ2) is 4.79. The van der Waals surface area contributed by atoms with Crippen molar-refractivity contribution in [1.82, 2.24) is 4.98 Å². The molecule has 3 rings (SSSR count). The summed E-state index contributed by atoms with van der Waals surface area (Å²) in [5, 5.41) is 11.4. The molecule has 0 fully saturated rings. The van der Waals surface area contributed by atoms with Gasteiger partial charge in [0.2, 0.25) is 0 Å². The lowest BCUT2D eigenvalue weighted by Gasteiger charge is -2.13. The van der Waals surface area contributed by atoms with E-state index in [-0.39, 0.29) is 5.82 Å². The number of benzene rings is 2. The minimum absolute atomic E-state index is 0.330. The molecule has 0 amide bonds. The smallest absolute Gasteiger partial charge is 0.124 e. The molecule has 96 valence electrons. The third-order valence-corrected chi connectivity index (χ3v) is 3.84. The van der Waals surface area contributed by atoms with Crippen molar-refractivity contribution < 1.29 is 9.50 Å². The van der Waals surface area contributed by atoms with E-state index in [9.17, 15) is 9.50 Å². The summed E-state index contributed by atoms with van der Waals surface area (Å²) < 4.78 is 13.6. The average molecular weight is 320 g/mol. The van der Waals surface area contributed by atoms with Gasteiger partial charge in [0.05, 0.1) is 0 Å². The van der Waals surface area contributed by atoms with Crippen LogP contribution in [0.2, 0.25) is 0 Å². The Morgan fingerprint density at radius 2 is 1.95 bits per heavy atom. The van der Waals surface area contributed by atoms with Gasteiger partial charge in [-0.3, -0.25) is 0 Å². The first-order valence-corrected chi connectivity index (χ1v) is 6.64. The Kier molecular flexibility index (Phi) is 3.12. The van der Waals surface area contributed by atoms with Crippen LogP contribution in [0.3, 0.4) is 0 Å². The zero-order valence-electron chi connectivity index (χ0n) is 9.90. The molecule has 0 saturated heterocycles. The Hall–Kier alpha value is -1.65. The fourth-order valence-corrected chi connectivity index (χ4v) is 2.71. The van der Waals surface area contributed by atoms with E-state index in [0.717, 1.165) is 16.5 Å². The highest BCUT2D eigenvalue weighted by molar-refractivity contribution is 9.10. The molecule has 1 unspecified atom stereocenters. The molecule has 2 aromatic carbocycles. The normalized spacial score (nSPS) is 12.8. The number of aliphatic hydroxyl groups excluding tert-OH is 1. The molecule has 0 aliphatic carbocycles. The molecule has 19 heavy (non-hydrogen) atoms. The molecule has 0 aliphatic rings. The van der Waals surface area contributed by atoms with Crippen LogP contribution in [0.15, 0.2) is 53.1 Å². The first-order chi connectivity index (χ1) is 9.15. The second-order valence-electron chi connectivity index (χ2n) is 4.39. The van der Waals surface area contributed by atoms with Gasteiger partial charge < -0.3 is 10.1 Å². The van der Waals surface area contributed by atoms with E-state index in [4.69, 9.17) is 0 Å². The zero-order chi connectivity index (χ0) is 13.4. The van der Waals surface area contributed by atoms with Gasteiger partial charge in [0.25, 0.3) is 0 Å². The minimum atomic E-state index is -0.783. The maximum atomic E-state index is 13.1. The molecule has 3 aromatic rings. The predicted molar refractivity (Wildman–Crippen MR) is 76.5 cm³/mol. The molecule has 0 spiro atoms. The SMILES string of the molecule is OC(c1ccc2[nH]ccc2c1)c1ccc(F)cc1Br. The number of fused-ring (bicyclic) bond motifs is 1. The fourth-order valence-electron chi connectivity index (χ4n) is 2.14. The Bertz CT molecular complexity index is 738. The van der Waals surface area contributed by atoms with Gasteiger partial charge in [-0.25, -0.2) is 4.39 Å². The fraction of sp³-hybridized carbons (Fsp3) is 0.0667. The Labute approximate surface area is 118 Å². The van der Waals surface area contributed by atoms with Crippen LogP contribution < -0.4 is 0 Å². The molecule has 2 N–H and O–H groups in total. The maximum Gasteiger partial charge on any atom is 0.124 e. The number of nitrogens with one attached hydrogen (secondary N) is 1. The van der Waals surface area contributed by atoms with Crippen LogP contribution in [-0.2, 0) is 0 Å². The topological polar surface area (TPSA) is 36.0 Å². The van der Waals surface area contributed by atoms with E-state index in [1.807, 2.05) is 30.5 Å². The first-order valence-electron chi connectivity index (χ1n) is 5.85. The van der Waals surface area contributed by atoms with Gasteiger partial charge in [-0.2, -0.15) is 0 Å². The molecule has 4 heteroatoms. The zero-order valence-corrected chi connectivity index (χ0v) is 11.5. The van der Waals surface area contributed by atoms with Crippen LogP contribution in [-0.4, -0.2) is 10.1 Å². The number of hydrogen-bond acceptors (Lipinski definition) is 1. The van der Waals surface area contributed by atoms with Crippen molar-refractivity contribution in [3.8, 4) is 0 Å². The average Bonchev–Trinajstić information content (AvgIpc) is 2.85. The van der Waals surface area contributed by atoms with Gasteiger partial charge in [0.15, 0.2) is 0 Å². The molecular weight excluding hydrogens is 309 g/mol.